The second-order valence-corrected chi connectivity index (χ2v) is 5.90. The highest BCUT2D eigenvalue weighted by Crippen LogP contribution is 2.13. The normalized spacial score (nSPS) is 17.1. The first-order chi connectivity index (χ1) is 10.2. The molecule has 0 atom stereocenters. The van der Waals surface area contributed by atoms with Gasteiger partial charge in [0.05, 0.1) is 16.5 Å². The van der Waals surface area contributed by atoms with Crippen LogP contribution in [0.3, 0.4) is 0 Å². The van der Waals surface area contributed by atoms with Crippen molar-refractivity contribution in [3.05, 3.63) is 11.8 Å². The van der Waals surface area contributed by atoms with Crippen LogP contribution in [0.1, 0.15) is 19.8 Å². The van der Waals surface area contributed by atoms with Gasteiger partial charge in [0.1, 0.15) is 4.86 Å². The van der Waals surface area contributed by atoms with E-state index >= 15 is 0 Å². The third-order valence-electron chi connectivity index (χ3n) is 2.97. The number of aromatic amines is 1. The van der Waals surface area contributed by atoms with Gasteiger partial charge in [-0.3, -0.25) is 10.1 Å². The molecule has 0 saturated carbocycles. The Kier molecular flexibility index (Phi) is 3.52. The summed E-state index contributed by atoms with van der Waals surface area (Å²) < 4.78 is 12.3. The Morgan fingerprint density at radius 1 is 1.57 bits per heavy atom. The van der Waals surface area contributed by atoms with Crippen LogP contribution in [0, 0.1) is 0 Å². The average Bonchev–Trinajstić information content (AvgIpc) is 3.07. The van der Waals surface area contributed by atoms with E-state index in [1.165, 1.54) is 0 Å². The van der Waals surface area contributed by atoms with Crippen LogP contribution >= 0.6 is 0 Å². The third kappa shape index (κ3) is 2.57. The number of carbonyl (C=O) groups excluding carboxylic acids is 1. The maximum atomic E-state index is 12.3. The Labute approximate surface area is 121 Å². The van der Waals surface area contributed by atoms with Crippen LogP contribution in [-0.4, -0.2) is 58.4 Å². The van der Waals surface area contributed by atoms with E-state index in [1.807, 2.05) is 6.20 Å². The van der Waals surface area contributed by atoms with Crippen LogP contribution in [0.25, 0.3) is 0 Å². The van der Waals surface area contributed by atoms with Crippen LogP contribution in [0.4, 0.5) is 5.95 Å². The topological polar surface area (TPSA) is 116 Å². The van der Waals surface area contributed by atoms with Crippen molar-refractivity contribution in [3.63, 3.8) is 0 Å². The second kappa shape index (κ2) is 5.48. The molecule has 0 bridgehead atoms. The largest absolute Gasteiger partial charge is 0.317 e. The maximum absolute atomic E-state index is 12.3. The summed E-state index contributed by atoms with van der Waals surface area (Å²) in [6.45, 7) is 2.32. The number of nitrogens with zero attached hydrogens (tertiary/aromatic N) is 5. The van der Waals surface area contributed by atoms with Crippen LogP contribution in [-0.2, 0) is 14.8 Å². The summed E-state index contributed by atoms with van der Waals surface area (Å²) in [4.78, 5) is 18.3. The molecular formula is C11H13N7O2S. The highest BCUT2D eigenvalue weighted by molar-refractivity contribution is 7.86. The molecule has 9 nitrogen and oxygen atoms in total. The number of rotatable bonds is 4. The zero-order valence-electron chi connectivity index (χ0n) is 11.2. The number of tetrazole rings is 1. The number of anilines is 1. The SMILES string of the molecule is CCCC1=CN2CC(C(=O)Nc3nn[nH]n3)=S(=O)=C2N=C1. The molecule has 10 heteroatoms. The number of nitrogens with one attached hydrogen (secondary N) is 2. The average molecular weight is 307 g/mol. The van der Waals surface area contributed by atoms with Crippen molar-refractivity contribution in [2.75, 3.05) is 11.9 Å². The molecule has 0 fully saturated rings. The van der Waals surface area contributed by atoms with E-state index in [4.69, 9.17) is 0 Å². The van der Waals surface area contributed by atoms with Gasteiger partial charge >= 0.3 is 0 Å². The lowest BCUT2D eigenvalue weighted by molar-refractivity contribution is -0.110. The Morgan fingerprint density at radius 3 is 3.14 bits per heavy atom. The van der Waals surface area contributed by atoms with Gasteiger partial charge in [-0.15, -0.1) is 5.10 Å². The fourth-order valence-electron chi connectivity index (χ4n) is 2.05. The fourth-order valence-corrected chi connectivity index (χ4v) is 3.23. The van der Waals surface area contributed by atoms with Crippen LogP contribution in [0.5, 0.6) is 0 Å². The molecule has 0 radical (unpaired) electrons. The molecule has 0 spiro atoms. The number of hydrogen-bond donors (Lipinski definition) is 2. The molecule has 0 saturated heterocycles. The molecule has 1 aromatic heterocycles. The smallest absolute Gasteiger partial charge is 0.270 e. The number of carbonyl (C=O) groups is 1. The standard InChI is InChI=1S/C11H13N7O2S/c1-2-3-7-4-12-11-18(5-7)6-8(21(11)20)9(19)13-10-14-16-17-15-10/h4-5H,2-3,6H2,1H3,(H2,13,14,15,16,17,19). The molecular weight excluding hydrogens is 294 g/mol. The van der Waals surface area contributed by atoms with Gasteiger partial charge in [0.2, 0.25) is 5.11 Å². The minimum Gasteiger partial charge on any atom is -0.317 e. The number of fused-ring (bicyclic) bond motifs is 1. The van der Waals surface area contributed by atoms with Gasteiger partial charge in [0.15, 0.2) is 0 Å². The summed E-state index contributed by atoms with van der Waals surface area (Å²) in [7, 11) is -1.57. The second-order valence-electron chi connectivity index (χ2n) is 4.50. The van der Waals surface area contributed by atoms with E-state index in [9.17, 15) is 9.00 Å². The first-order valence-corrected chi connectivity index (χ1v) is 7.54. The molecule has 2 aliphatic rings. The molecule has 110 valence electrons. The van der Waals surface area contributed by atoms with Crippen molar-refractivity contribution in [3.8, 4) is 0 Å². The van der Waals surface area contributed by atoms with Gasteiger partial charge < -0.3 is 4.90 Å². The van der Waals surface area contributed by atoms with Gasteiger partial charge in [0, 0.05) is 12.4 Å². The molecule has 21 heavy (non-hydrogen) atoms. The lowest BCUT2D eigenvalue weighted by atomic mass is 10.1. The van der Waals surface area contributed by atoms with E-state index in [1.54, 1.807) is 11.1 Å². The molecule has 2 aliphatic heterocycles. The minimum absolute atomic E-state index is 0.0464. The van der Waals surface area contributed by atoms with E-state index < -0.39 is 15.9 Å². The van der Waals surface area contributed by atoms with Crippen molar-refractivity contribution >= 4 is 38.0 Å². The Balaban J connectivity index is 1.83. The van der Waals surface area contributed by atoms with Crippen molar-refractivity contribution in [1.82, 2.24) is 25.5 Å². The third-order valence-corrected chi connectivity index (χ3v) is 4.41. The van der Waals surface area contributed by atoms with Crippen LogP contribution < -0.4 is 5.32 Å². The van der Waals surface area contributed by atoms with Gasteiger partial charge in [-0.2, -0.15) is 5.21 Å². The summed E-state index contributed by atoms with van der Waals surface area (Å²) in [5, 5.41) is 15.6. The molecule has 1 aromatic rings. The molecule has 2 N–H and O–H groups in total. The van der Waals surface area contributed by atoms with Crippen molar-refractivity contribution in [2.45, 2.75) is 19.8 Å². The van der Waals surface area contributed by atoms with Crippen molar-refractivity contribution in [2.24, 2.45) is 4.99 Å². The highest BCUT2D eigenvalue weighted by Gasteiger charge is 2.27. The van der Waals surface area contributed by atoms with Gasteiger partial charge in [-0.05, 0) is 17.2 Å². The van der Waals surface area contributed by atoms with Crippen molar-refractivity contribution < 1.29 is 9.00 Å². The summed E-state index contributed by atoms with van der Waals surface area (Å²) in [5.41, 5.74) is 1.05. The molecule has 0 unspecified atom stereocenters. The lowest BCUT2D eigenvalue weighted by Crippen LogP contribution is -2.32. The molecule has 0 aliphatic carbocycles. The maximum Gasteiger partial charge on any atom is 0.270 e. The first-order valence-electron chi connectivity index (χ1n) is 6.39. The van der Waals surface area contributed by atoms with Crippen LogP contribution in [0.2, 0.25) is 0 Å². The zero-order valence-corrected chi connectivity index (χ0v) is 12.1. The minimum atomic E-state index is -1.57. The predicted octanol–water partition coefficient (Wildman–Crippen LogP) is -0.769. The van der Waals surface area contributed by atoms with Gasteiger partial charge in [-0.1, -0.05) is 18.4 Å². The fraction of sp³-hybridized carbons (Fsp3) is 0.364. The number of allylic oxidation sites excluding steroid dienone is 1. The summed E-state index contributed by atoms with van der Waals surface area (Å²) in [5.74, 6) is -0.442. The zero-order chi connectivity index (χ0) is 14.8. The molecule has 3 rings (SSSR count). The van der Waals surface area contributed by atoms with Crippen molar-refractivity contribution in [1.29, 1.82) is 0 Å². The van der Waals surface area contributed by atoms with E-state index in [0.717, 1.165) is 18.4 Å². The quantitative estimate of drug-likeness (QED) is 0.706. The molecule has 1 amide bonds. The number of amides is 1. The van der Waals surface area contributed by atoms with Gasteiger partial charge in [0.25, 0.3) is 11.9 Å². The monoisotopic (exact) mass is 307 g/mol. The lowest BCUT2D eigenvalue weighted by Gasteiger charge is -2.18. The van der Waals surface area contributed by atoms with E-state index in [-0.39, 0.29) is 17.4 Å². The number of aliphatic imine (C=N–C) groups is 1. The molecule has 3 heterocycles. The van der Waals surface area contributed by atoms with E-state index in [2.05, 4.69) is 37.9 Å². The van der Waals surface area contributed by atoms with E-state index in [0.29, 0.717) is 5.11 Å². The Bertz CT molecular complexity index is 776. The molecule has 0 aromatic carbocycles. The predicted molar refractivity (Wildman–Crippen MR) is 79.2 cm³/mol. The number of aromatic nitrogens is 4. The Morgan fingerprint density at radius 2 is 2.43 bits per heavy atom. The number of H-pyrrole nitrogens is 1. The Hall–Kier alpha value is -2.49. The summed E-state index contributed by atoms with van der Waals surface area (Å²) >= 11 is 0. The summed E-state index contributed by atoms with van der Waals surface area (Å²) in [6.07, 6.45) is 5.48. The van der Waals surface area contributed by atoms with Crippen LogP contribution in [0.15, 0.2) is 16.8 Å². The first kappa shape index (κ1) is 13.5. The summed E-state index contributed by atoms with van der Waals surface area (Å²) in [6, 6.07) is 0. The number of hydrogen-bond acceptors (Lipinski definition) is 7. The highest BCUT2D eigenvalue weighted by atomic mass is 32.1. The van der Waals surface area contributed by atoms with Gasteiger partial charge in [-0.25, -0.2) is 9.20 Å².